The van der Waals surface area contributed by atoms with Crippen LogP contribution in [0.15, 0.2) is 0 Å². The Morgan fingerprint density at radius 2 is 1.88 bits per heavy atom. The maximum atomic E-state index is 11.8. The number of hydroxylamine groups is 2. The number of imide groups is 1. The van der Waals surface area contributed by atoms with Gasteiger partial charge in [-0.1, -0.05) is 13.8 Å². The van der Waals surface area contributed by atoms with Gasteiger partial charge in [0, 0.05) is 38.6 Å². The lowest BCUT2D eigenvalue weighted by Crippen LogP contribution is -2.41. The van der Waals surface area contributed by atoms with Gasteiger partial charge in [0.15, 0.2) is 0 Å². The number of aliphatic hydroxyl groups is 1. The average Bonchev–Trinajstić information content (AvgIpc) is 2.79. The lowest BCUT2D eigenvalue weighted by Gasteiger charge is -2.20. The second-order valence-electron chi connectivity index (χ2n) is 5.65. The monoisotopic (exact) mass is 343 g/mol. The number of nitrogens with one attached hydrogen (secondary N) is 1. The largest absolute Gasteiger partial charge is 0.432 e. The molecule has 0 spiro atoms. The summed E-state index contributed by atoms with van der Waals surface area (Å²) < 4.78 is 0. The molecule has 2 aliphatic rings. The molecule has 1 unspecified atom stereocenters. The first kappa shape index (κ1) is 20.4. The van der Waals surface area contributed by atoms with Crippen molar-refractivity contribution < 1.29 is 24.3 Å². The van der Waals surface area contributed by atoms with Crippen molar-refractivity contribution in [3.8, 4) is 0 Å². The molecule has 0 aromatic heterocycles. The number of carbonyl (C=O) groups excluding carboxylic acids is 3. The van der Waals surface area contributed by atoms with Crippen LogP contribution in [0, 0.1) is 0 Å². The van der Waals surface area contributed by atoms with Crippen molar-refractivity contribution >= 4 is 17.9 Å². The Balaban J connectivity index is 0.00000139. The minimum atomic E-state index is -0.752. The Bertz CT molecular complexity index is 414. The Hall–Kier alpha value is -1.67. The molecular weight excluding hydrogens is 314 g/mol. The van der Waals surface area contributed by atoms with E-state index < -0.39 is 17.9 Å². The first-order valence-corrected chi connectivity index (χ1v) is 8.77. The Labute approximate surface area is 143 Å². The molecule has 2 saturated heterocycles. The normalized spacial score (nSPS) is 21.8. The standard InChI is InChI=1S/C14H23N3O5.C2H6/c18-10-2-8-16-7-1-3-11(6-9-16)15-14(21)22-17-12(19)4-5-13(17)20;1-2/h11,18H,1-10H2,(H,15,21);1-2H3. The molecule has 3 amide bonds. The highest BCUT2D eigenvalue weighted by Crippen LogP contribution is 2.14. The smallest absolute Gasteiger partial charge is 0.396 e. The topological polar surface area (TPSA) is 99.2 Å². The van der Waals surface area contributed by atoms with Gasteiger partial charge in [-0.2, -0.15) is 0 Å². The summed E-state index contributed by atoms with van der Waals surface area (Å²) in [6, 6.07) is -0.0283. The van der Waals surface area contributed by atoms with Crippen molar-refractivity contribution in [1.29, 1.82) is 0 Å². The fraction of sp³-hybridized carbons (Fsp3) is 0.812. The van der Waals surface area contributed by atoms with Crippen LogP contribution in [0.4, 0.5) is 4.79 Å². The third kappa shape index (κ3) is 6.45. The van der Waals surface area contributed by atoms with E-state index in [1.54, 1.807) is 0 Å². The first-order chi connectivity index (χ1) is 11.6. The minimum absolute atomic E-state index is 0.0283. The molecule has 2 fully saturated rings. The van der Waals surface area contributed by atoms with Crippen LogP contribution in [-0.4, -0.2) is 65.3 Å². The van der Waals surface area contributed by atoms with E-state index in [2.05, 4.69) is 10.2 Å². The second kappa shape index (κ2) is 11.0. The molecule has 0 saturated carbocycles. The van der Waals surface area contributed by atoms with E-state index in [1.165, 1.54) is 0 Å². The van der Waals surface area contributed by atoms with E-state index in [9.17, 15) is 14.4 Å². The van der Waals surface area contributed by atoms with Gasteiger partial charge < -0.3 is 20.2 Å². The number of hydrogen-bond acceptors (Lipinski definition) is 6. The third-order valence-corrected chi connectivity index (χ3v) is 3.96. The first-order valence-electron chi connectivity index (χ1n) is 8.77. The predicted molar refractivity (Wildman–Crippen MR) is 87.8 cm³/mol. The zero-order chi connectivity index (χ0) is 17.9. The van der Waals surface area contributed by atoms with Crippen LogP contribution >= 0.6 is 0 Å². The van der Waals surface area contributed by atoms with Crippen molar-refractivity contribution in [2.24, 2.45) is 0 Å². The fourth-order valence-electron chi connectivity index (χ4n) is 2.75. The maximum Gasteiger partial charge on any atom is 0.432 e. The summed E-state index contributed by atoms with van der Waals surface area (Å²) in [6.45, 7) is 6.82. The number of likely N-dealkylation sites (tertiary alicyclic amines) is 1. The van der Waals surface area contributed by atoms with Gasteiger partial charge in [-0.3, -0.25) is 9.59 Å². The van der Waals surface area contributed by atoms with Crippen molar-refractivity contribution in [3.63, 3.8) is 0 Å². The quantitative estimate of drug-likeness (QED) is 0.724. The van der Waals surface area contributed by atoms with Crippen LogP contribution in [0.25, 0.3) is 0 Å². The van der Waals surface area contributed by atoms with Gasteiger partial charge in [0.05, 0.1) is 0 Å². The molecule has 2 rings (SSSR count). The van der Waals surface area contributed by atoms with Crippen molar-refractivity contribution in [1.82, 2.24) is 15.3 Å². The highest BCUT2D eigenvalue weighted by Gasteiger charge is 2.33. The molecule has 24 heavy (non-hydrogen) atoms. The summed E-state index contributed by atoms with van der Waals surface area (Å²) in [5.74, 6) is -0.951. The molecule has 2 N–H and O–H groups in total. The summed E-state index contributed by atoms with van der Waals surface area (Å²) in [5, 5.41) is 12.1. The van der Waals surface area contributed by atoms with Gasteiger partial charge in [-0.25, -0.2) is 4.79 Å². The highest BCUT2D eigenvalue weighted by molar-refractivity contribution is 6.01. The van der Waals surface area contributed by atoms with Gasteiger partial charge in [0.1, 0.15) is 0 Å². The molecule has 1 atom stereocenters. The number of aliphatic hydroxyl groups excluding tert-OH is 1. The lowest BCUT2D eigenvalue weighted by atomic mass is 10.1. The van der Waals surface area contributed by atoms with E-state index in [4.69, 9.17) is 9.94 Å². The summed E-state index contributed by atoms with van der Waals surface area (Å²) in [6.07, 6.45) is 2.73. The predicted octanol–water partition coefficient (Wildman–Crippen LogP) is 1.04. The van der Waals surface area contributed by atoms with Crippen LogP contribution < -0.4 is 5.32 Å². The highest BCUT2D eigenvalue weighted by atomic mass is 16.7. The molecule has 0 radical (unpaired) electrons. The van der Waals surface area contributed by atoms with E-state index in [0.717, 1.165) is 45.3 Å². The van der Waals surface area contributed by atoms with Crippen LogP contribution in [0.1, 0.15) is 52.4 Å². The maximum absolute atomic E-state index is 11.8. The number of hydrogen-bond donors (Lipinski definition) is 2. The molecule has 0 bridgehead atoms. The zero-order valence-electron chi connectivity index (χ0n) is 14.6. The van der Waals surface area contributed by atoms with Gasteiger partial charge in [-0.05, 0) is 32.2 Å². The van der Waals surface area contributed by atoms with E-state index in [0.29, 0.717) is 5.06 Å². The number of amides is 3. The summed E-state index contributed by atoms with van der Waals surface area (Å²) >= 11 is 0. The fourth-order valence-corrected chi connectivity index (χ4v) is 2.75. The number of carbonyl (C=O) groups is 3. The van der Waals surface area contributed by atoms with Crippen LogP contribution in [0.2, 0.25) is 0 Å². The minimum Gasteiger partial charge on any atom is -0.396 e. The molecule has 0 aromatic carbocycles. The van der Waals surface area contributed by atoms with Gasteiger partial charge in [0.2, 0.25) is 0 Å². The van der Waals surface area contributed by atoms with E-state index in [-0.39, 0.29) is 25.5 Å². The molecular formula is C16H29N3O5. The van der Waals surface area contributed by atoms with Crippen molar-refractivity contribution in [2.45, 2.75) is 58.4 Å². The Kier molecular flexibility index (Phi) is 9.33. The second-order valence-corrected chi connectivity index (χ2v) is 5.65. The molecule has 0 aliphatic carbocycles. The Morgan fingerprint density at radius 3 is 2.50 bits per heavy atom. The van der Waals surface area contributed by atoms with Crippen LogP contribution in [0.5, 0.6) is 0 Å². The summed E-state index contributed by atoms with van der Waals surface area (Å²) in [5.41, 5.74) is 0. The molecule has 8 nitrogen and oxygen atoms in total. The van der Waals surface area contributed by atoms with Crippen molar-refractivity contribution in [2.75, 3.05) is 26.2 Å². The molecule has 8 heteroatoms. The third-order valence-electron chi connectivity index (χ3n) is 3.96. The molecule has 0 aromatic rings. The molecule has 2 aliphatic heterocycles. The average molecular weight is 343 g/mol. The van der Waals surface area contributed by atoms with Crippen LogP contribution in [-0.2, 0) is 14.4 Å². The molecule has 2 heterocycles. The van der Waals surface area contributed by atoms with Gasteiger partial charge in [0.25, 0.3) is 11.8 Å². The van der Waals surface area contributed by atoms with Crippen LogP contribution in [0.3, 0.4) is 0 Å². The van der Waals surface area contributed by atoms with Gasteiger partial charge >= 0.3 is 6.09 Å². The SMILES string of the molecule is CC.O=C(NC1CCCN(CCCO)CC1)ON1C(=O)CCC1=O. The Morgan fingerprint density at radius 1 is 1.21 bits per heavy atom. The summed E-state index contributed by atoms with van der Waals surface area (Å²) in [4.78, 5) is 41.6. The molecule has 138 valence electrons. The van der Waals surface area contributed by atoms with E-state index >= 15 is 0 Å². The lowest BCUT2D eigenvalue weighted by molar-refractivity contribution is -0.171. The van der Waals surface area contributed by atoms with Crippen molar-refractivity contribution in [3.05, 3.63) is 0 Å². The summed E-state index contributed by atoms with van der Waals surface area (Å²) in [7, 11) is 0. The zero-order valence-corrected chi connectivity index (χ0v) is 14.6. The number of nitrogens with zero attached hydrogens (tertiary/aromatic N) is 2. The number of rotatable bonds is 5. The van der Waals surface area contributed by atoms with Gasteiger partial charge in [-0.15, -0.1) is 5.06 Å². The van der Waals surface area contributed by atoms with E-state index in [1.807, 2.05) is 13.8 Å².